The predicted molar refractivity (Wildman–Crippen MR) is 88.5 cm³/mol. The number of aromatic nitrogens is 1. The van der Waals surface area contributed by atoms with E-state index in [1.54, 1.807) is 0 Å². The molecule has 1 heterocycles. The number of rotatable bonds is 5. The fourth-order valence-corrected chi connectivity index (χ4v) is 7.14. The molecule has 21 heavy (non-hydrogen) atoms. The van der Waals surface area contributed by atoms with Crippen LogP contribution in [0.1, 0.15) is 57.2 Å². The number of hydrogen-bond donors (Lipinski definition) is 1. The minimum absolute atomic E-state index is 0.568. The van der Waals surface area contributed by atoms with Crippen molar-refractivity contribution in [3.8, 4) is 0 Å². The topological polar surface area (TPSA) is 24.9 Å². The second-order valence-electron chi connectivity index (χ2n) is 8.42. The number of hydrogen-bond acceptors (Lipinski definition) is 3. The van der Waals surface area contributed by atoms with Crippen molar-refractivity contribution in [1.82, 2.24) is 10.3 Å². The van der Waals surface area contributed by atoms with Gasteiger partial charge in [0.05, 0.1) is 5.51 Å². The molecule has 1 N–H and O–H groups in total. The van der Waals surface area contributed by atoms with Crippen molar-refractivity contribution in [2.45, 2.75) is 64.8 Å². The quantitative estimate of drug-likeness (QED) is 0.878. The van der Waals surface area contributed by atoms with Crippen LogP contribution in [0.3, 0.4) is 0 Å². The molecule has 5 rings (SSSR count). The van der Waals surface area contributed by atoms with E-state index in [4.69, 9.17) is 0 Å². The molecule has 0 aliphatic heterocycles. The van der Waals surface area contributed by atoms with Crippen molar-refractivity contribution in [3.63, 3.8) is 0 Å². The Balaban J connectivity index is 1.62. The maximum atomic E-state index is 4.29. The van der Waals surface area contributed by atoms with Gasteiger partial charge in [0.1, 0.15) is 0 Å². The minimum Gasteiger partial charge on any atom is -0.313 e. The molecule has 4 bridgehead atoms. The lowest BCUT2D eigenvalue weighted by molar-refractivity contribution is -0.117. The smallest absolute Gasteiger partial charge is 0.0794 e. The Bertz CT molecular complexity index is 481. The van der Waals surface area contributed by atoms with E-state index in [-0.39, 0.29) is 0 Å². The number of nitrogens with zero attached hydrogens (tertiary/aromatic N) is 1. The fourth-order valence-electron chi connectivity index (χ4n) is 6.50. The molecule has 0 aromatic carbocycles. The van der Waals surface area contributed by atoms with Crippen LogP contribution < -0.4 is 5.32 Å². The molecular formula is C18H28N2S. The first kappa shape index (κ1) is 14.2. The van der Waals surface area contributed by atoms with Gasteiger partial charge >= 0.3 is 0 Å². The van der Waals surface area contributed by atoms with Gasteiger partial charge in [-0.25, -0.2) is 0 Å². The summed E-state index contributed by atoms with van der Waals surface area (Å²) in [6, 6.07) is 0.660. The summed E-state index contributed by atoms with van der Waals surface area (Å²) in [4.78, 5) is 5.75. The second-order valence-corrected chi connectivity index (χ2v) is 9.39. The van der Waals surface area contributed by atoms with Crippen LogP contribution in [0.25, 0.3) is 0 Å². The maximum absolute atomic E-state index is 4.29. The highest BCUT2D eigenvalue weighted by Gasteiger charge is 2.58. The Hall–Kier alpha value is -0.410. The maximum Gasteiger partial charge on any atom is 0.0794 e. The Kier molecular flexibility index (Phi) is 3.42. The molecule has 4 aliphatic rings. The summed E-state index contributed by atoms with van der Waals surface area (Å²) in [6.07, 6.45) is 12.2. The second kappa shape index (κ2) is 5.06. The van der Waals surface area contributed by atoms with Crippen molar-refractivity contribution in [2.75, 3.05) is 6.54 Å². The van der Waals surface area contributed by atoms with Gasteiger partial charge in [0.15, 0.2) is 0 Å². The lowest BCUT2D eigenvalue weighted by Gasteiger charge is -2.63. The minimum atomic E-state index is 0.568. The Labute approximate surface area is 132 Å². The summed E-state index contributed by atoms with van der Waals surface area (Å²) >= 11 is 1.83. The van der Waals surface area contributed by atoms with E-state index in [0.717, 1.165) is 18.4 Å². The zero-order valence-electron chi connectivity index (χ0n) is 13.4. The molecule has 4 fully saturated rings. The molecule has 3 unspecified atom stereocenters. The highest BCUT2D eigenvalue weighted by Crippen LogP contribution is 2.66. The molecule has 0 amide bonds. The normalized spacial score (nSPS) is 42.4. The van der Waals surface area contributed by atoms with Crippen LogP contribution in [0.4, 0.5) is 0 Å². The van der Waals surface area contributed by atoms with Crippen molar-refractivity contribution in [1.29, 1.82) is 0 Å². The first-order valence-corrected chi connectivity index (χ1v) is 9.60. The molecule has 0 spiro atoms. The summed E-state index contributed by atoms with van der Waals surface area (Å²) in [7, 11) is 0. The number of likely N-dealkylation sites (N-methyl/N-ethyl adjacent to an activating group) is 1. The van der Waals surface area contributed by atoms with Gasteiger partial charge in [0.2, 0.25) is 0 Å². The Morgan fingerprint density at radius 2 is 2.10 bits per heavy atom. The van der Waals surface area contributed by atoms with E-state index in [1.165, 1.54) is 49.8 Å². The molecule has 116 valence electrons. The summed E-state index contributed by atoms with van der Waals surface area (Å²) < 4.78 is 0. The van der Waals surface area contributed by atoms with Gasteiger partial charge in [0, 0.05) is 17.1 Å². The molecule has 0 radical (unpaired) electrons. The third kappa shape index (κ3) is 2.46. The van der Waals surface area contributed by atoms with E-state index in [0.29, 0.717) is 16.9 Å². The number of thiazole rings is 1. The predicted octanol–water partition coefficient (Wildman–Crippen LogP) is 4.27. The standard InChI is InChI=1S/C18H28N2S/c1-3-20-16(5-15-10-19-12-21-15)18-8-13-4-14(9-18)7-17(2,6-13)11-18/h10,12-14,16,20H,3-9,11H2,1-2H3. The lowest BCUT2D eigenvalue weighted by atomic mass is 9.43. The molecule has 0 saturated heterocycles. The zero-order valence-corrected chi connectivity index (χ0v) is 14.2. The van der Waals surface area contributed by atoms with Crippen LogP contribution in [0.15, 0.2) is 11.7 Å². The van der Waals surface area contributed by atoms with E-state index in [1.807, 2.05) is 16.8 Å². The fraction of sp³-hybridized carbons (Fsp3) is 0.833. The average Bonchev–Trinajstić information content (AvgIpc) is 2.88. The van der Waals surface area contributed by atoms with Gasteiger partial charge in [-0.05, 0) is 74.2 Å². The van der Waals surface area contributed by atoms with Crippen molar-refractivity contribution in [2.24, 2.45) is 22.7 Å². The van der Waals surface area contributed by atoms with Crippen LogP contribution in [-0.2, 0) is 6.42 Å². The largest absolute Gasteiger partial charge is 0.313 e. The average molecular weight is 305 g/mol. The van der Waals surface area contributed by atoms with Crippen LogP contribution in [0, 0.1) is 22.7 Å². The summed E-state index contributed by atoms with van der Waals surface area (Å²) in [5.41, 5.74) is 3.20. The molecule has 4 aliphatic carbocycles. The number of nitrogens with one attached hydrogen (secondary N) is 1. The van der Waals surface area contributed by atoms with Gasteiger partial charge in [-0.1, -0.05) is 13.8 Å². The van der Waals surface area contributed by atoms with E-state index in [2.05, 4.69) is 30.3 Å². The lowest BCUT2D eigenvalue weighted by Crippen LogP contribution is -2.59. The van der Waals surface area contributed by atoms with Gasteiger partial charge < -0.3 is 5.32 Å². The van der Waals surface area contributed by atoms with Gasteiger partial charge in [0.25, 0.3) is 0 Å². The molecule has 1 aromatic heterocycles. The zero-order chi connectivity index (χ0) is 14.5. The molecule has 3 heteroatoms. The first-order chi connectivity index (χ1) is 10.1. The highest BCUT2D eigenvalue weighted by molar-refractivity contribution is 7.09. The summed E-state index contributed by atoms with van der Waals surface area (Å²) in [6.45, 7) is 5.94. The highest BCUT2D eigenvalue weighted by atomic mass is 32.1. The van der Waals surface area contributed by atoms with Crippen LogP contribution in [-0.4, -0.2) is 17.6 Å². The Morgan fingerprint density at radius 3 is 2.67 bits per heavy atom. The van der Waals surface area contributed by atoms with E-state index in [9.17, 15) is 0 Å². The van der Waals surface area contributed by atoms with Crippen molar-refractivity contribution in [3.05, 3.63) is 16.6 Å². The molecule has 4 saturated carbocycles. The van der Waals surface area contributed by atoms with Crippen LogP contribution >= 0.6 is 11.3 Å². The third-order valence-electron chi connectivity index (χ3n) is 6.48. The molecule has 3 atom stereocenters. The van der Waals surface area contributed by atoms with E-state index < -0.39 is 0 Å². The monoisotopic (exact) mass is 304 g/mol. The van der Waals surface area contributed by atoms with Crippen LogP contribution in [0.2, 0.25) is 0 Å². The van der Waals surface area contributed by atoms with Crippen molar-refractivity contribution >= 4 is 11.3 Å². The summed E-state index contributed by atoms with van der Waals surface area (Å²) in [5, 5.41) is 3.87. The van der Waals surface area contributed by atoms with Gasteiger partial charge in [-0.15, -0.1) is 11.3 Å². The first-order valence-electron chi connectivity index (χ1n) is 8.72. The van der Waals surface area contributed by atoms with Gasteiger partial charge in [-0.2, -0.15) is 0 Å². The van der Waals surface area contributed by atoms with E-state index >= 15 is 0 Å². The SMILES string of the molecule is CCNC(Cc1cncs1)C12CC3CC(CC(C)(C3)C1)C2. The van der Waals surface area contributed by atoms with Crippen molar-refractivity contribution < 1.29 is 0 Å². The van der Waals surface area contributed by atoms with Crippen LogP contribution in [0.5, 0.6) is 0 Å². The molecular weight excluding hydrogens is 276 g/mol. The molecule has 1 aromatic rings. The molecule has 2 nitrogen and oxygen atoms in total. The third-order valence-corrected chi connectivity index (χ3v) is 7.28. The Morgan fingerprint density at radius 1 is 1.33 bits per heavy atom. The van der Waals surface area contributed by atoms with Gasteiger partial charge in [-0.3, -0.25) is 4.98 Å². The summed E-state index contributed by atoms with van der Waals surface area (Å²) in [5.74, 6) is 2.03.